The maximum Gasteiger partial charge on any atom is 0.416 e. The zero-order valence-electron chi connectivity index (χ0n) is 16.7. The Kier molecular flexibility index (Phi) is 5.73. The lowest BCUT2D eigenvalue weighted by Gasteiger charge is -2.21. The lowest BCUT2D eigenvalue weighted by Crippen LogP contribution is -2.27. The van der Waals surface area contributed by atoms with Gasteiger partial charge in [0, 0.05) is 30.3 Å². The summed E-state index contributed by atoms with van der Waals surface area (Å²) >= 11 is 0. The van der Waals surface area contributed by atoms with Crippen LogP contribution in [-0.2, 0) is 6.18 Å². The molecular formula is C24H24F4N2. The highest BCUT2D eigenvalue weighted by atomic mass is 19.4. The molecule has 0 N–H and O–H groups in total. The lowest BCUT2D eigenvalue weighted by atomic mass is 9.86. The average molecular weight is 416 g/mol. The van der Waals surface area contributed by atoms with E-state index in [9.17, 15) is 13.2 Å². The number of halogens is 4. The van der Waals surface area contributed by atoms with Gasteiger partial charge in [-0.05, 0) is 49.1 Å². The van der Waals surface area contributed by atoms with Crippen LogP contribution in [-0.4, -0.2) is 23.7 Å². The van der Waals surface area contributed by atoms with Crippen molar-refractivity contribution in [2.75, 3.05) is 18.0 Å². The van der Waals surface area contributed by atoms with Gasteiger partial charge in [0.05, 0.1) is 12.1 Å². The van der Waals surface area contributed by atoms with E-state index in [-0.39, 0.29) is 13.0 Å². The molecule has 2 aliphatic rings. The molecule has 1 atom stereocenters. The number of aromatic nitrogens is 1. The zero-order chi connectivity index (χ0) is 21.2. The molecule has 0 bridgehead atoms. The molecule has 1 unspecified atom stereocenters. The molecule has 2 nitrogen and oxygen atoms in total. The number of hydrogen-bond acceptors (Lipinski definition) is 2. The maximum absolute atomic E-state index is 15.3. The molecule has 0 spiro atoms. The monoisotopic (exact) mass is 416 g/mol. The van der Waals surface area contributed by atoms with Gasteiger partial charge in [0.1, 0.15) is 5.69 Å². The summed E-state index contributed by atoms with van der Waals surface area (Å²) in [4.78, 5) is 6.25. The van der Waals surface area contributed by atoms with Crippen LogP contribution in [0.1, 0.15) is 61.4 Å². The smallest absolute Gasteiger partial charge is 0.367 e. The van der Waals surface area contributed by atoms with Crippen molar-refractivity contribution in [1.29, 1.82) is 0 Å². The second-order valence-electron chi connectivity index (χ2n) is 8.22. The molecule has 2 aromatic rings. The van der Waals surface area contributed by atoms with Gasteiger partial charge in [-0.3, -0.25) is 0 Å². The minimum atomic E-state index is -4.42. The number of benzene rings is 1. The fourth-order valence-electron chi connectivity index (χ4n) is 4.30. The lowest BCUT2D eigenvalue weighted by molar-refractivity contribution is -0.137. The van der Waals surface area contributed by atoms with Crippen LogP contribution in [0.25, 0.3) is 0 Å². The second-order valence-corrected chi connectivity index (χ2v) is 8.22. The van der Waals surface area contributed by atoms with E-state index in [0.29, 0.717) is 23.8 Å². The SMILES string of the molecule is FC1(C#Cc2cccc(C3CCCCC3)n2)CCN(c2cccc(C(F)(F)F)c2)C1. The van der Waals surface area contributed by atoms with Crippen LogP contribution in [0.4, 0.5) is 23.2 Å². The summed E-state index contributed by atoms with van der Waals surface area (Å²) < 4.78 is 54.1. The molecule has 0 amide bonds. The molecule has 1 aromatic carbocycles. The topological polar surface area (TPSA) is 16.1 Å². The van der Waals surface area contributed by atoms with E-state index >= 15 is 4.39 Å². The van der Waals surface area contributed by atoms with E-state index < -0.39 is 17.4 Å². The second kappa shape index (κ2) is 8.29. The van der Waals surface area contributed by atoms with Gasteiger partial charge in [-0.15, -0.1) is 0 Å². The van der Waals surface area contributed by atoms with Crippen LogP contribution in [0.15, 0.2) is 42.5 Å². The van der Waals surface area contributed by atoms with Gasteiger partial charge in [0.2, 0.25) is 0 Å². The highest BCUT2D eigenvalue weighted by molar-refractivity contribution is 5.52. The van der Waals surface area contributed by atoms with Crippen LogP contribution in [0.2, 0.25) is 0 Å². The molecule has 158 valence electrons. The minimum absolute atomic E-state index is 0.0520. The summed E-state index contributed by atoms with van der Waals surface area (Å²) in [6.45, 7) is 0.270. The Morgan fingerprint density at radius 3 is 2.57 bits per heavy atom. The Hall–Kier alpha value is -2.55. The molecule has 1 saturated carbocycles. The largest absolute Gasteiger partial charge is 0.416 e. The molecule has 1 saturated heterocycles. The normalized spacial score (nSPS) is 22.6. The fraction of sp³-hybridized carbons (Fsp3) is 0.458. The van der Waals surface area contributed by atoms with Gasteiger partial charge in [0.25, 0.3) is 0 Å². The van der Waals surface area contributed by atoms with Crippen LogP contribution in [0.5, 0.6) is 0 Å². The molecule has 1 aliphatic heterocycles. The van der Waals surface area contributed by atoms with Crippen LogP contribution < -0.4 is 4.90 Å². The van der Waals surface area contributed by atoms with Crippen molar-refractivity contribution < 1.29 is 17.6 Å². The van der Waals surface area contributed by atoms with E-state index in [2.05, 4.69) is 16.8 Å². The predicted octanol–water partition coefficient (Wildman–Crippen LogP) is 6.12. The molecule has 4 rings (SSSR count). The summed E-state index contributed by atoms with van der Waals surface area (Å²) in [6, 6.07) is 10.7. The number of pyridine rings is 1. The third kappa shape index (κ3) is 4.77. The Labute approximate surface area is 174 Å². The van der Waals surface area contributed by atoms with Crippen molar-refractivity contribution in [2.24, 2.45) is 0 Å². The van der Waals surface area contributed by atoms with E-state index in [1.165, 1.54) is 25.3 Å². The first-order valence-corrected chi connectivity index (χ1v) is 10.4. The first-order valence-electron chi connectivity index (χ1n) is 10.4. The van der Waals surface area contributed by atoms with E-state index in [1.807, 2.05) is 12.1 Å². The average Bonchev–Trinajstić information content (AvgIpc) is 3.15. The van der Waals surface area contributed by atoms with Crippen molar-refractivity contribution in [1.82, 2.24) is 4.98 Å². The standard InChI is InChI=1S/C24H24F4N2/c25-23(13-12-20-9-5-11-22(29-20)18-6-2-1-3-7-18)14-15-30(17-23)21-10-4-8-19(16-21)24(26,27)28/h4-5,8-11,16,18H,1-3,6-7,14-15,17H2. The Balaban J connectivity index is 1.47. The highest BCUT2D eigenvalue weighted by Crippen LogP contribution is 2.35. The van der Waals surface area contributed by atoms with Crippen molar-refractivity contribution in [3.8, 4) is 11.8 Å². The summed E-state index contributed by atoms with van der Waals surface area (Å²) in [5.41, 5.74) is -0.565. The number of hydrogen-bond donors (Lipinski definition) is 0. The summed E-state index contributed by atoms with van der Waals surface area (Å²) in [7, 11) is 0. The minimum Gasteiger partial charge on any atom is -0.367 e. The van der Waals surface area contributed by atoms with Gasteiger partial charge >= 0.3 is 6.18 Å². The van der Waals surface area contributed by atoms with Gasteiger partial charge < -0.3 is 4.90 Å². The van der Waals surface area contributed by atoms with Gasteiger partial charge in [-0.1, -0.05) is 37.3 Å². The van der Waals surface area contributed by atoms with E-state index in [4.69, 9.17) is 0 Å². The summed E-state index contributed by atoms with van der Waals surface area (Å²) in [6.07, 6.45) is 1.67. The summed E-state index contributed by atoms with van der Waals surface area (Å²) in [5, 5.41) is 0. The Morgan fingerprint density at radius 2 is 1.80 bits per heavy atom. The number of anilines is 1. The molecule has 2 heterocycles. The first-order chi connectivity index (χ1) is 14.3. The van der Waals surface area contributed by atoms with E-state index in [1.54, 1.807) is 17.0 Å². The van der Waals surface area contributed by atoms with Crippen molar-refractivity contribution in [2.45, 2.75) is 56.3 Å². The maximum atomic E-state index is 15.3. The highest BCUT2D eigenvalue weighted by Gasteiger charge is 2.38. The first kappa shape index (κ1) is 20.7. The van der Waals surface area contributed by atoms with Crippen molar-refractivity contribution in [3.05, 3.63) is 59.4 Å². The van der Waals surface area contributed by atoms with Crippen molar-refractivity contribution in [3.63, 3.8) is 0 Å². The third-order valence-corrected chi connectivity index (χ3v) is 5.97. The molecule has 1 aromatic heterocycles. The zero-order valence-corrected chi connectivity index (χ0v) is 16.7. The molecule has 1 aliphatic carbocycles. The van der Waals surface area contributed by atoms with Crippen molar-refractivity contribution >= 4 is 5.69 Å². The van der Waals surface area contributed by atoms with Crippen LogP contribution >= 0.6 is 0 Å². The number of rotatable bonds is 2. The third-order valence-electron chi connectivity index (χ3n) is 5.97. The predicted molar refractivity (Wildman–Crippen MR) is 109 cm³/mol. The number of nitrogens with zero attached hydrogens (tertiary/aromatic N) is 2. The Bertz CT molecular complexity index is 953. The van der Waals surface area contributed by atoms with Gasteiger partial charge in [-0.25, -0.2) is 9.37 Å². The van der Waals surface area contributed by atoms with Crippen LogP contribution in [0.3, 0.4) is 0 Å². The number of alkyl halides is 4. The quantitative estimate of drug-likeness (QED) is 0.433. The van der Waals surface area contributed by atoms with E-state index in [0.717, 1.165) is 30.7 Å². The summed E-state index contributed by atoms with van der Waals surface area (Å²) in [5.74, 6) is 6.02. The van der Waals surface area contributed by atoms with Gasteiger partial charge in [-0.2, -0.15) is 13.2 Å². The molecule has 30 heavy (non-hydrogen) atoms. The van der Waals surface area contributed by atoms with Crippen LogP contribution in [0, 0.1) is 11.8 Å². The van der Waals surface area contributed by atoms with Gasteiger partial charge in [0.15, 0.2) is 5.67 Å². The molecule has 0 radical (unpaired) electrons. The fourth-order valence-corrected chi connectivity index (χ4v) is 4.30. The molecule has 2 fully saturated rings. The molecule has 6 heteroatoms. The Morgan fingerprint density at radius 1 is 1.03 bits per heavy atom. The molecular weight excluding hydrogens is 392 g/mol.